The third-order valence-corrected chi connectivity index (χ3v) is 3.86. The highest BCUT2D eigenvalue weighted by atomic mass is 32.2. The summed E-state index contributed by atoms with van der Waals surface area (Å²) in [5, 5.41) is 10.2. The highest BCUT2D eigenvalue weighted by molar-refractivity contribution is 8.00. The van der Waals surface area contributed by atoms with Crippen LogP contribution in [0, 0.1) is 0 Å². The number of thiol groups is 1. The van der Waals surface area contributed by atoms with Gasteiger partial charge in [0.1, 0.15) is 0 Å². The number of thioether (sulfide) groups is 1. The van der Waals surface area contributed by atoms with Crippen molar-refractivity contribution in [3.8, 4) is 0 Å². The van der Waals surface area contributed by atoms with E-state index in [4.69, 9.17) is 0 Å². The second-order valence-electron chi connectivity index (χ2n) is 2.84. The fraction of sp³-hybridized carbons (Fsp3) is 1.00. The van der Waals surface area contributed by atoms with Crippen molar-refractivity contribution in [3.05, 3.63) is 0 Å². The molecule has 0 aliphatic carbocycles. The van der Waals surface area contributed by atoms with Crippen molar-refractivity contribution in [2.45, 2.75) is 43.8 Å². The summed E-state index contributed by atoms with van der Waals surface area (Å²) in [4.78, 5) is 0. The molecule has 0 amide bonds. The number of aliphatic hydroxyl groups excluding tert-OH is 1. The van der Waals surface area contributed by atoms with Gasteiger partial charge in [0.05, 0.1) is 6.10 Å². The molecule has 0 radical (unpaired) electrons. The molecule has 0 aromatic rings. The minimum Gasteiger partial charge on any atom is -0.392 e. The summed E-state index contributed by atoms with van der Waals surface area (Å²) in [6.45, 7) is 6.23. The molecular weight excluding hydrogens is 176 g/mol. The third kappa shape index (κ3) is 5.88. The second-order valence-corrected chi connectivity index (χ2v) is 5.07. The summed E-state index contributed by atoms with van der Waals surface area (Å²) in [5.41, 5.74) is 0. The lowest BCUT2D eigenvalue weighted by Crippen LogP contribution is -2.15. The maximum absolute atomic E-state index is 9.24. The van der Waals surface area contributed by atoms with Gasteiger partial charge in [-0.1, -0.05) is 20.8 Å². The molecule has 1 N–H and O–H groups in total. The number of aliphatic hydroxyl groups is 1. The lowest BCUT2D eigenvalue weighted by molar-refractivity contribution is 0.195. The number of hydrogen-bond donors (Lipinski definition) is 2. The van der Waals surface area contributed by atoms with E-state index in [9.17, 15) is 5.11 Å². The van der Waals surface area contributed by atoms with E-state index in [0.717, 1.165) is 12.2 Å². The molecule has 3 heteroatoms. The summed E-state index contributed by atoms with van der Waals surface area (Å²) in [6, 6.07) is 0. The SMILES string of the molecule is CCC(O)CSC(C)C(C)S. The zero-order valence-corrected chi connectivity index (χ0v) is 9.16. The lowest BCUT2D eigenvalue weighted by Gasteiger charge is -2.15. The first-order valence-corrected chi connectivity index (χ1v) is 5.62. The fourth-order valence-corrected chi connectivity index (χ4v) is 1.82. The Morgan fingerprint density at radius 3 is 2.36 bits per heavy atom. The molecule has 1 nitrogen and oxygen atoms in total. The molecule has 0 bridgehead atoms. The minimum atomic E-state index is -0.144. The first-order valence-electron chi connectivity index (χ1n) is 4.05. The third-order valence-electron chi connectivity index (χ3n) is 1.70. The molecule has 0 spiro atoms. The van der Waals surface area contributed by atoms with Crippen molar-refractivity contribution in [1.82, 2.24) is 0 Å². The summed E-state index contributed by atoms with van der Waals surface area (Å²) in [5.74, 6) is 0.836. The van der Waals surface area contributed by atoms with Gasteiger partial charge in [-0.25, -0.2) is 0 Å². The molecule has 0 fully saturated rings. The van der Waals surface area contributed by atoms with Crippen molar-refractivity contribution < 1.29 is 5.11 Å². The highest BCUT2D eigenvalue weighted by Gasteiger charge is 2.10. The van der Waals surface area contributed by atoms with E-state index in [1.807, 2.05) is 6.92 Å². The van der Waals surface area contributed by atoms with Crippen LogP contribution in [0.3, 0.4) is 0 Å². The molecular formula is C8H18OS2. The molecule has 0 saturated carbocycles. The minimum absolute atomic E-state index is 0.144. The standard InChI is InChI=1S/C8H18OS2/c1-4-8(9)5-11-7(3)6(2)10/h6-10H,4-5H2,1-3H3. The topological polar surface area (TPSA) is 20.2 Å². The van der Waals surface area contributed by atoms with Crippen molar-refractivity contribution >= 4 is 24.4 Å². The predicted molar refractivity (Wildman–Crippen MR) is 56.7 cm³/mol. The van der Waals surface area contributed by atoms with Crippen LogP contribution in [0.15, 0.2) is 0 Å². The van der Waals surface area contributed by atoms with E-state index in [1.165, 1.54) is 0 Å². The van der Waals surface area contributed by atoms with Gasteiger partial charge in [-0.05, 0) is 6.42 Å². The summed E-state index contributed by atoms with van der Waals surface area (Å²) in [7, 11) is 0. The Labute approximate surface area is 79.4 Å². The van der Waals surface area contributed by atoms with E-state index in [2.05, 4.69) is 26.5 Å². The van der Waals surface area contributed by atoms with Crippen LogP contribution in [0.4, 0.5) is 0 Å². The van der Waals surface area contributed by atoms with Gasteiger partial charge in [-0.2, -0.15) is 24.4 Å². The first-order chi connectivity index (χ1) is 5.07. The van der Waals surface area contributed by atoms with Crippen molar-refractivity contribution in [2.24, 2.45) is 0 Å². The second kappa shape index (κ2) is 6.21. The van der Waals surface area contributed by atoms with Gasteiger partial charge >= 0.3 is 0 Å². The Bertz CT molecular complexity index is 96.1. The monoisotopic (exact) mass is 194 g/mol. The average molecular weight is 194 g/mol. The maximum atomic E-state index is 9.24. The molecule has 3 atom stereocenters. The number of rotatable bonds is 5. The smallest absolute Gasteiger partial charge is 0.0628 e. The van der Waals surface area contributed by atoms with E-state index in [1.54, 1.807) is 11.8 Å². The zero-order chi connectivity index (χ0) is 8.85. The molecule has 0 heterocycles. The summed E-state index contributed by atoms with van der Waals surface area (Å²) in [6.07, 6.45) is 0.704. The maximum Gasteiger partial charge on any atom is 0.0628 e. The molecule has 0 aliphatic rings. The van der Waals surface area contributed by atoms with Crippen LogP contribution in [0.25, 0.3) is 0 Å². The van der Waals surface area contributed by atoms with Gasteiger partial charge in [0, 0.05) is 16.3 Å². The Balaban J connectivity index is 3.37. The van der Waals surface area contributed by atoms with Crippen LogP contribution < -0.4 is 0 Å². The van der Waals surface area contributed by atoms with Crippen LogP contribution in [0.1, 0.15) is 27.2 Å². The molecule has 0 aromatic carbocycles. The Morgan fingerprint density at radius 2 is 2.00 bits per heavy atom. The quantitative estimate of drug-likeness (QED) is 0.654. The van der Waals surface area contributed by atoms with Gasteiger partial charge in [-0.15, -0.1) is 0 Å². The zero-order valence-electron chi connectivity index (χ0n) is 7.45. The molecule has 0 aromatic heterocycles. The van der Waals surface area contributed by atoms with Crippen LogP contribution in [0.2, 0.25) is 0 Å². The molecule has 0 aliphatic heterocycles. The van der Waals surface area contributed by atoms with Crippen LogP contribution in [-0.2, 0) is 0 Å². The van der Waals surface area contributed by atoms with E-state index < -0.39 is 0 Å². The summed E-state index contributed by atoms with van der Waals surface area (Å²) >= 11 is 6.11. The largest absolute Gasteiger partial charge is 0.392 e. The molecule has 11 heavy (non-hydrogen) atoms. The molecule has 0 saturated heterocycles. The molecule has 68 valence electrons. The Kier molecular flexibility index (Phi) is 6.58. The van der Waals surface area contributed by atoms with Gasteiger partial charge in [0.15, 0.2) is 0 Å². The van der Waals surface area contributed by atoms with E-state index in [-0.39, 0.29) is 6.10 Å². The van der Waals surface area contributed by atoms with Gasteiger partial charge in [0.25, 0.3) is 0 Å². The normalized spacial score (nSPS) is 19.4. The van der Waals surface area contributed by atoms with Crippen LogP contribution >= 0.6 is 24.4 Å². The van der Waals surface area contributed by atoms with Crippen LogP contribution in [0.5, 0.6) is 0 Å². The predicted octanol–water partition coefficient (Wildman–Crippen LogP) is 2.20. The van der Waals surface area contributed by atoms with E-state index >= 15 is 0 Å². The van der Waals surface area contributed by atoms with Crippen molar-refractivity contribution in [1.29, 1.82) is 0 Å². The van der Waals surface area contributed by atoms with E-state index in [0.29, 0.717) is 10.5 Å². The van der Waals surface area contributed by atoms with Crippen molar-refractivity contribution in [3.63, 3.8) is 0 Å². The van der Waals surface area contributed by atoms with Gasteiger partial charge < -0.3 is 5.11 Å². The lowest BCUT2D eigenvalue weighted by atomic mass is 10.3. The van der Waals surface area contributed by atoms with Crippen molar-refractivity contribution in [2.75, 3.05) is 5.75 Å². The number of hydrogen-bond acceptors (Lipinski definition) is 3. The Hall–Kier alpha value is 0.660. The van der Waals surface area contributed by atoms with Crippen LogP contribution in [-0.4, -0.2) is 27.5 Å². The molecule has 3 unspecified atom stereocenters. The first kappa shape index (κ1) is 11.7. The average Bonchev–Trinajstić information content (AvgIpc) is 1.99. The molecule has 0 rings (SSSR count). The highest BCUT2D eigenvalue weighted by Crippen LogP contribution is 2.19. The van der Waals surface area contributed by atoms with Gasteiger partial charge in [-0.3, -0.25) is 0 Å². The summed E-state index contributed by atoms with van der Waals surface area (Å²) < 4.78 is 0. The van der Waals surface area contributed by atoms with Gasteiger partial charge in [0.2, 0.25) is 0 Å². The fourth-order valence-electron chi connectivity index (χ4n) is 0.520. The Morgan fingerprint density at radius 1 is 1.45 bits per heavy atom.